The molecular weight excluding hydrogens is 372 g/mol. The molecule has 0 spiro atoms. The van der Waals surface area contributed by atoms with Crippen LogP contribution >= 0.6 is 0 Å². The van der Waals surface area contributed by atoms with Crippen LogP contribution in [0.15, 0.2) is 53.1 Å². The van der Waals surface area contributed by atoms with E-state index in [0.29, 0.717) is 18.9 Å². The number of amides is 2. The predicted molar refractivity (Wildman–Crippen MR) is 104 cm³/mol. The minimum atomic E-state index is -0.851. The van der Waals surface area contributed by atoms with E-state index in [4.69, 9.17) is 4.42 Å². The molecule has 1 saturated heterocycles. The van der Waals surface area contributed by atoms with Crippen molar-refractivity contribution in [2.45, 2.75) is 25.3 Å². The predicted octanol–water partition coefficient (Wildman–Crippen LogP) is 2.19. The van der Waals surface area contributed by atoms with Crippen molar-refractivity contribution in [2.75, 3.05) is 13.1 Å². The molecule has 0 radical (unpaired) electrons. The number of aliphatic carboxylic acids is 1. The first-order valence-electron chi connectivity index (χ1n) is 9.93. The molecule has 7 nitrogen and oxygen atoms in total. The zero-order chi connectivity index (χ0) is 20.4. The van der Waals surface area contributed by atoms with E-state index < -0.39 is 23.8 Å². The number of hydrogen-bond donors (Lipinski definition) is 2. The number of carboxylic acid groups (broad SMARTS) is 1. The number of hydrogen-bond acceptors (Lipinski definition) is 4. The van der Waals surface area contributed by atoms with E-state index in [2.05, 4.69) is 5.32 Å². The first-order valence-corrected chi connectivity index (χ1v) is 9.93. The number of nitrogens with zero attached hydrogens (tertiary/aromatic N) is 1. The van der Waals surface area contributed by atoms with Crippen LogP contribution in [0.4, 0.5) is 0 Å². The average molecular weight is 396 g/mol. The summed E-state index contributed by atoms with van der Waals surface area (Å²) in [6.45, 7) is 0.625. The fraction of sp³-hybridized carbons (Fsp3) is 0.409. The Morgan fingerprint density at radius 3 is 2.48 bits per heavy atom. The molecule has 2 fully saturated rings. The zero-order valence-electron chi connectivity index (χ0n) is 16.0. The van der Waals surface area contributed by atoms with Gasteiger partial charge in [-0.2, -0.15) is 0 Å². The summed E-state index contributed by atoms with van der Waals surface area (Å²) in [5.41, 5.74) is 0.915. The number of furan rings is 1. The van der Waals surface area contributed by atoms with Crippen LogP contribution in [-0.4, -0.2) is 46.9 Å². The lowest BCUT2D eigenvalue weighted by Crippen LogP contribution is -2.49. The number of benzene rings is 1. The van der Waals surface area contributed by atoms with Crippen LogP contribution in [0.2, 0.25) is 0 Å². The van der Waals surface area contributed by atoms with Crippen LogP contribution in [0, 0.1) is 17.8 Å². The van der Waals surface area contributed by atoms with E-state index in [9.17, 15) is 19.5 Å². The summed E-state index contributed by atoms with van der Waals surface area (Å²) in [5.74, 6) is -1.58. The highest BCUT2D eigenvalue weighted by Crippen LogP contribution is 2.44. The van der Waals surface area contributed by atoms with Gasteiger partial charge in [0.05, 0.1) is 12.2 Å². The second-order valence-corrected chi connectivity index (χ2v) is 7.88. The fourth-order valence-corrected chi connectivity index (χ4v) is 4.18. The van der Waals surface area contributed by atoms with Gasteiger partial charge in [-0.3, -0.25) is 14.4 Å². The maximum Gasteiger partial charge on any atom is 0.308 e. The second-order valence-electron chi connectivity index (χ2n) is 7.88. The van der Waals surface area contributed by atoms with E-state index in [1.54, 1.807) is 17.0 Å². The Morgan fingerprint density at radius 2 is 1.86 bits per heavy atom. The Hall–Kier alpha value is -3.09. The summed E-state index contributed by atoms with van der Waals surface area (Å²) in [6, 6.07) is 11.8. The quantitative estimate of drug-likeness (QED) is 0.747. The molecule has 29 heavy (non-hydrogen) atoms. The van der Waals surface area contributed by atoms with Crippen molar-refractivity contribution in [1.82, 2.24) is 10.2 Å². The number of rotatable bonds is 7. The lowest BCUT2D eigenvalue weighted by Gasteiger charge is -2.24. The molecular formula is C22H24N2O5. The van der Waals surface area contributed by atoms with Gasteiger partial charge in [-0.25, -0.2) is 0 Å². The number of carbonyl (C=O) groups is 3. The Labute approximate surface area is 168 Å². The summed E-state index contributed by atoms with van der Waals surface area (Å²) in [4.78, 5) is 39.1. The van der Waals surface area contributed by atoms with Crippen LogP contribution in [-0.2, 0) is 16.0 Å². The third kappa shape index (κ3) is 4.34. The highest BCUT2D eigenvalue weighted by atomic mass is 16.4. The van der Waals surface area contributed by atoms with Crippen molar-refractivity contribution < 1.29 is 23.9 Å². The molecule has 7 heteroatoms. The maximum absolute atomic E-state index is 13.3. The van der Waals surface area contributed by atoms with Gasteiger partial charge in [0, 0.05) is 19.5 Å². The SMILES string of the molecule is O=C(NC(Cc1ccccc1)C(=O)N1C[C@H](C(=O)O)[C@@H](C2CC2)C1)c1ccco1. The van der Waals surface area contributed by atoms with Gasteiger partial charge in [0.2, 0.25) is 5.91 Å². The van der Waals surface area contributed by atoms with Gasteiger partial charge in [-0.15, -0.1) is 0 Å². The molecule has 152 valence electrons. The van der Waals surface area contributed by atoms with E-state index in [1.165, 1.54) is 6.26 Å². The molecule has 2 amide bonds. The second kappa shape index (κ2) is 8.11. The number of likely N-dealkylation sites (tertiary alicyclic amines) is 1. The smallest absolute Gasteiger partial charge is 0.308 e. The first kappa shape index (κ1) is 19.2. The molecule has 1 aromatic heterocycles. The maximum atomic E-state index is 13.3. The topological polar surface area (TPSA) is 99.9 Å². The van der Waals surface area contributed by atoms with Gasteiger partial charge < -0.3 is 19.7 Å². The lowest BCUT2D eigenvalue weighted by molar-refractivity contribution is -0.142. The van der Waals surface area contributed by atoms with Crippen LogP contribution < -0.4 is 5.32 Å². The molecule has 2 heterocycles. The molecule has 1 unspecified atom stereocenters. The van der Waals surface area contributed by atoms with Crippen molar-refractivity contribution in [3.8, 4) is 0 Å². The minimum absolute atomic E-state index is 0.00500. The normalized spacial score (nSPS) is 22.3. The first-order chi connectivity index (χ1) is 14.0. The monoisotopic (exact) mass is 396 g/mol. The highest BCUT2D eigenvalue weighted by Gasteiger charge is 2.47. The van der Waals surface area contributed by atoms with Gasteiger partial charge in [0.15, 0.2) is 5.76 Å². The van der Waals surface area contributed by atoms with Crippen molar-refractivity contribution >= 4 is 17.8 Å². The van der Waals surface area contributed by atoms with Gasteiger partial charge >= 0.3 is 5.97 Å². The summed E-state index contributed by atoms with van der Waals surface area (Å²) < 4.78 is 5.14. The Bertz CT molecular complexity index is 876. The van der Waals surface area contributed by atoms with Crippen molar-refractivity contribution in [3.63, 3.8) is 0 Å². The molecule has 1 aliphatic heterocycles. The molecule has 2 aliphatic rings. The van der Waals surface area contributed by atoms with Crippen LogP contribution in [0.5, 0.6) is 0 Å². The Morgan fingerprint density at radius 1 is 1.10 bits per heavy atom. The summed E-state index contributed by atoms with van der Waals surface area (Å²) in [7, 11) is 0. The van der Waals surface area contributed by atoms with Gasteiger partial charge in [0.25, 0.3) is 5.91 Å². The number of carboxylic acids is 1. The zero-order valence-corrected chi connectivity index (χ0v) is 16.0. The van der Waals surface area contributed by atoms with E-state index >= 15 is 0 Å². The molecule has 3 atom stereocenters. The van der Waals surface area contributed by atoms with Gasteiger partial charge in [0.1, 0.15) is 6.04 Å². The minimum Gasteiger partial charge on any atom is -0.481 e. The molecule has 2 aromatic rings. The van der Waals surface area contributed by atoms with Crippen molar-refractivity contribution in [3.05, 3.63) is 60.1 Å². The molecule has 1 saturated carbocycles. The van der Waals surface area contributed by atoms with E-state index in [-0.39, 0.29) is 24.1 Å². The molecule has 1 aromatic carbocycles. The van der Waals surface area contributed by atoms with Crippen molar-refractivity contribution in [2.24, 2.45) is 17.8 Å². The Kier molecular flexibility index (Phi) is 5.38. The standard InChI is InChI=1S/C22H24N2O5/c25-20(19-7-4-10-29-19)23-18(11-14-5-2-1-3-6-14)21(26)24-12-16(15-8-9-15)17(13-24)22(27)28/h1-7,10,15-18H,8-9,11-13H2,(H,23,25)(H,27,28)/t16-,17+,18?/m1/s1. The van der Waals surface area contributed by atoms with Crippen LogP contribution in [0.25, 0.3) is 0 Å². The molecule has 0 bridgehead atoms. The lowest BCUT2D eigenvalue weighted by atomic mass is 9.92. The van der Waals surface area contributed by atoms with Gasteiger partial charge in [-0.1, -0.05) is 30.3 Å². The summed E-state index contributed by atoms with van der Waals surface area (Å²) in [5, 5.41) is 12.4. The van der Waals surface area contributed by atoms with Crippen LogP contribution in [0.1, 0.15) is 29.0 Å². The van der Waals surface area contributed by atoms with E-state index in [0.717, 1.165) is 18.4 Å². The third-order valence-corrected chi connectivity index (χ3v) is 5.85. The average Bonchev–Trinajstić information content (AvgIpc) is 3.23. The number of nitrogens with one attached hydrogen (secondary N) is 1. The molecule has 4 rings (SSSR count). The third-order valence-electron chi connectivity index (χ3n) is 5.85. The summed E-state index contributed by atoms with van der Waals surface area (Å²) in [6.07, 6.45) is 3.79. The summed E-state index contributed by atoms with van der Waals surface area (Å²) >= 11 is 0. The highest BCUT2D eigenvalue weighted by molar-refractivity contribution is 5.95. The molecule has 1 aliphatic carbocycles. The Balaban J connectivity index is 1.52. The van der Waals surface area contributed by atoms with E-state index in [1.807, 2.05) is 30.3 Å². The molecule has 2 N–H and O–H groups in total. The van der Waals surface area contributed by atoms with Crippen LogP contribution in [0.3, 0.4) is 0 Å². The largest absolute Gasteiger partial charge is 0.481 e. The van der Waals surface area contributed by atoms with Crippen molar-refractivity contribution in [1.29, 1.82) is 0 Å². The fourth-order valence-electron chi connectivity index (χ4n) is 4.18. The van der Waals surface area contributed by atoms with Gasteiger partial charge in [-0.05, 0) is 42.4 Å². The number of carbonyl (C=O) groups excluding carboxylic acids is 2.